The maximum absolute atomic E-state index is 12.5. The van der Waals surface area contributed by atoms with Crippen LogP contribution < -0.4 is 0 Å². The summed E-state index contributed by atoms with van der Waals surface area (Å²) in [6, 6.07) is 14.1. The number of esters is 1. The summed E-state index contributed by atoms with van der Waals surface area (Å²) in [6.45, 7) is 3.75. The predicted octanol–water partition coefficient (Wildman–Crippen LogP) is 2.76. The number of ether oxygens (including phenoxy) is 1. The standard InChI is InChI=1S/C19H21NO5S/c1-3-20(4-2)26(23,24)17-12-8-11-16(13-17)19(22)25-14-18(21)15-9-6-5-7-10-15/h5-13H,3-4,14H2,1-2H3. The zero-order valence-electron chi connectivity index (χ0n) is 14.7. The van der Waals surface area contributed by atoms with Crippen molar-refractivity contribution in [3.63, 3.8) is 0 Å². The number of benzene rings is 2. The third-order valence-electron chi connectivity index (χ3n) is 3.84. The van der Waals surface area contributed by atoms with Crippen LogP contribution in [0, 0.1) is 0 Å². The molecule has 0 aliphatic carbocycles. The number of carbonyl (C=O) groups excluding carboxylic acids is 2. The van der Waals surface area contributed by atoms with E-state index < -0.39 is 22.6 Å². The van der Waals surface area contributed by atoms with Gasteiger partial charge < -0.3 is 4.74 Å². The van der Waals surface area contributed by atoms with E-state index in [0.29, 0.717) is 18.7 Å². The molecule has 0 spiro atoms. The van der Waals surface area contributed by atoms with E-state index in [-0.39, 0.29) is 16.2 Å². The van der Waals surface area contributed by atoms with Crippen molar-refractivity contribution in [3.05, 3.63) is 65.7 Å². The summed E-state index contributed by atoms with van der Waals surface area (Å²) < 4.78 is 31.4. The van der Waals surface area contributed by atoms with Gasteiger partial charge in [-0.1, -0.05) is 50.2 Å². The van der Waals surface area contributed by atoms with Crippen molar-refractivity contribution in [2.45, 2.75) is 18.7 Å². The molecule has 2 aromatic carbocycles. The summed E-state index contributed by atoms with van der Waals surface area (Å²) in [5.41, 5.74) is 0.525. The Balaban J connectivity index is 2.12. The van der Waals surface area contributed by atoms with Crippen molar-refractivity contribution in [2.75, 3.05) is 19.7 Å². The predicted molar refractivity (Wildman–Crippen MR) is 97.6 cm³/mol. The van der Waals surface area contributed by atoms with E-state index in [1.807, 2.05) is 0 Å². The lowest BCUT2D eigenvalue weighted by Crippen LogP contribution is -2.30. The van der Waals surface area contributed by atoms with Crippen molar-refractivity contribution in [3.8, 4) is 0 Å². The zero-order valence-corrected chi connectivity index (χ0v) is 15.5. The molecule has 0 aliphatic heterocycles. The minimum absolute atomic E-state index is 0.0186. The number of rotatable bonds is 8. The summed E-state index contributed by atoms with van der Waals surface area (Å²) in [6.07, 6.45) is 0. The molecule has 0 N–H and O–H groups in total. The number of carbonyl (C=O) groups is 2. The number of ketones is 1. The smallest absolute Gasteiger partial charge is 0.338 e. The molecule has 0 fully saturated rings. The molecule has 0 atom stereocenters. The van der Waals surface area contributed by atoms with Crippen LogP contribution in [0.3, 0.4) is 0 Å². The van der Waals surface area contributed by atoms with E-state index >= 15 is 0 Å². The fraction of sp³-hybridized carbons (Fsp3) is 0.263. The molecule has 138 valence electrons. The van der Waals surface area contributed by atoms with Gasteiger partial charge in [-0.15, -0.1) is 0 Å². The highest BCUT2D eigenvalue weighted by Gasteiger charge is 2.23. The lowest BCUT2D eigenvalue weighted by atomic mass is 10.1. The van der Waals surface area contributed by atoms with Crippen LogP contribution in [0.4, 0.5) is 0 Å². The Morgan fingerprint density at radius 1 is 0.923 bits per heavy atom. The number of sulfonamides is 1. The Labute approximate surface area is 153 Å². The maximum Gasteiger partial charge on any atom is 0.338 e. The third kappa shape index (κ3) is 4.56. The second kappa shape index (κ2) is 8.73. The molecular weight excluding hydrogens is 354 g/mol. The van der Waals surface area contributed by atoms with Crippen molar-refractivity contribution in [1.29, 1.82) is 0 Å². The Hall–Kier alpha value is -2.51. The van der Waals surface area contributed by atoms with Gasteiger partial charge in [-0.05, 0) is 18.2 Å². The summed E-state index contributed by atoms with van der Waals surface area (Å²) >= 11 is 0. The van der Waals surface area contributed by atoms with Gasteiger partial charge in [0.1, 0.15) is 0 Å². The van der Waals surface area contributed by atoms with E-state index in [9.17, 15) is 18.0 Å². The highest BCUT2D eigenvalue weighted by atomic mass is 32.2. The first-order valence-corrected chi connectivity index (χ1v) is 9.69. The van der Waals surface area contributed by atoms with Crippen molar-refractivity contribution >= 4 is 21.8 Å². The largest absolute Gasteiger partial charge is 0.454 e. The molecule has 0 saturated carbocycles. The molecule has 0 bridgehead atoms. The Kier molecular flexibility index (Phi) is 6.65. The van der Waals surface area contributed by atoms with Crippen LogP contribution in [-0.2, 0) is 14.8 Å². The molecule has 0 aliphatic rings. The molecular formula is C19H21NO5S. The second-order valence-electron chi connectivity index (χ2n) is 5.48. The summed E-state index contributed by atoms with van der Waals surface area (Å²) in [7, 11) is -3.67. The van der Waals surface area contributed by atoms with Crippen molar-refractivity contribution < 1.29 is 22.7 Å². The first-order valence-electron chi connectivity index (χ1n) is 8.25. The molecule has 0 saturated heterocycles. The molecule has 0 radical (unpaired) electrons. The highest BCUT2D eigenvalue weighted by molar-refractivity contribution is 7.89. The quantitative estimate of drug-likeness (QED) is 0.523. The van der Waals surface area contributed by atoms with Gasteiger partial charge in [0.05, 0.1) is 10.5 Å². The van der Waals surface area contributed by atoms with Crippen LogP contribution in [0.5, 0.6) is 0 Å². The monoisotopic (exact) mass is 375 g/mol. The van der Waals surface area contributed by atoms with Crippen LogP contribution >= 0.6 is 0 Å². The normalized spacial score (nSPS) is 11.3. The Bertz CT molecular complexity index is 874. The molecule has 0 heterocycles. The van der Waals surface area contributed by atoms with Crippen LogP contribution in [0.1, 0.15) is 34.6 Å². The van der Waals surface area contributed by atoms with Gasteiger partial charge in [-0.25, -0.2) is 13.2 Å². The topological polar surface area (TPSA) is 80.8 Å². The van der Waals surface area contributed by atoms with Gasteiger partial charge in [0.2, 0.25) is 10.0 Å². The van der Waals surface area contributed by atoms with E-state index in [2.05, 4.69) is 0 Å². The molecule has 0 aromatic heterocycles. The molecule has 0 amide bonds. The first kappa shape index (κ1) is 19.8. The van der Waals surface area contributed by atoms with Crippen LogP contribution in [0.25, 0.3) is 0 Å². The van der Waals surface area contributed by atoms with Gasteiger partial charge in [0.15, 0.2) is 12.4 Å². The van der Waals surface area contributed by atoms with E-state index in [4.69, 9.17) is 4.74 Å². The number of hydrogen-bond donors (Lipinski definition) is 0. The van der Waals surface area contributed by atoms with Crippen LogP contribution in [0.2, 0.25) is 0 Å². The molecule has 0 unspecified atom stereocenters. The average Bonchev–Trinajstić information content (AvgIpc) is 2.67. The minimum Gasteiger partial charge on any atom is -0.454 e. The molecule has 6 nitrogen and oxygen atoms in total. The SMILES string of the molecule is CCN(CC)S(=O)(=O)c1cccc(C(=O)OCC(=O)c2ccccc2)c1. The fourth-order valence-electron chi connectivity index (χ4n) is 2.42. The Morgan fingerprint density at radius 3 is 2.15 bits per heavy atom. The van der Waals surface area contributed by atoms with Gasteiger partial charge in [-0.2, -0.15) is 4.31 Å². The number of hydrogen-bond acceptors (Lipinski definition) is 5. The number of Topliss-reactive ketones (excluding diaryl/α,β-unsaturated/α-hetero) is 1. The van der Waals surface area contributed by atoms with Crippen molar-refractivity contribution in [2.24, 2.45) is 0 Å². The van der Waals surface area contributed by atoms with Gasteiger partial charge in [0, 0.05) is 18.7 Å². The molecule has 7 heteroatoms. The molecule has 2 rings (SSSR count). The Morgan fingerprint density at radius 2 is 1.54 bits per heavy atom. The zero-order chi connectivity index (χ0) is 19.2. The fourth-order valence-corrected chi connectivity index (χ4v) is 3.92. The third-order valence-corrected chi connectivity index (χ3v) is 5.89. The minimum atomic E-state index is -3.67. The van der Waals surface area contributed by atoms with E-state index in [1.54, 1.807) is 44.2 Å². The van der Waals surface area contributed by atoms with Gasteiger partial charge in [-0.3, -0.25) is 4.79 Å². The molecule has 2 aromatic rings. The lowest BCUT2D eigenvalue weighted by molar-refractivity contribution is 0.0474. The molecule has 26 heavy (non-hydrogen) atoms. The van der Waals surface area contributed by atoms with Gasteiger partial charge in [0.25, 0.3) is 0 Å². The first-order chi connectivity index (χ1) is 12.4. The van der Waals surface area contributed by atoms with E-state index in [0.717, 1.165) is 0 Å². The maximum atomic E-state index is 12.5. The lowest BCUT2D eigenvalue weighted by Gasteiger charge is -2.18. The highest BCUT2D eigenvalue weighted by Crippen LogP contribution is 2.17. The second-order valence-corrected chi connectivity index (χ2v) is 7.42. The van der Waals surface area contributed by atoms with Crippen molar-refractivity contribution in [1.82, 2.24) is 4.31 Å². The average molecular weight is 375 g/mol. The van der Waals surface area contributed by atoms with Crippen LogP contribution in [-0.4, -0.2) is 44.2 Å². The summed E-state index contributed by atoms with van der Waals surface area (Å²) in [5, 5.41) is 0. The van der Waals surface area contributed by atoms with Gasteiger partial charge >= 0.3 is 5.97 Å². The summed E-state index contributed by atoms with van der Waals surface area (Å²) in [5.74, 6) is -1.07. The van der Waals surface area contributed by atoms with E-state index in [1.165, 1.54) is 28.6 Å². The van der Waals surface area contributed by atoms with Crippen LogP contribution in [0.15, 0.2) is 59.5 Å². The number of nitrogens with zero attached hydrogens (tertiary/aromatic N) is 1. The summed E-state index contributed by atoms with van der Waals surface area (Å²) in [4.78, 5) is 24.2.